The number of ether oxygens (including phenoxy) is 1. The van der Waals surface area contributed by atoms with Crippen LogP contribution < -0.4 is 0 Å². The molecule has 2 heteroatoms. The number of unbranched alkanes of at least 4 members (excludes halogenated alkanes) is 1. The fourth-order valence-corrected chi connectivity index (χ4v) is 1.59. The van der Waals surface area contributed by atoms with Gasteiger partial charge >= 0.3 is 0 Å². The van der Waals surface area contributed by atoms with Gasteiger partial charge in [-0.25, -0.2) is 0 Å². The van der Waals surface area contributed by atoms with Gasteiger partial charge in [-0.05, 0) is 18.4 Å². The third-order valence-electron chi connectivity index (χ3n) is 2.70. The summed E-state index contributed by atoms with van der Waals surface area (Å²) in [6.45, 7) is 3.49. The summed E-state index contributed by atoms with van der Waals surface area (Å²) in [5, 5.41) is 0. The first-order valence-electron chi connectivity index (χ1n) is 6.46. The Morgan fingerprint density at radius 2 is 1.88 bits per heavy atom. The highest BCUT2D eigenvalue weighted by Gasteiger charge is 2.02. The molecule has 0 aliphatic carbocycles. The van der Waals surface area contributed by atoms with Crippen molar-refractivity contribution in [2.45, 2.75) is 39.0 Å². The Balaban J connectivity index is 2.05. The van der Waals surface area contributed by atoms with Crippen molar-refractivity contribution in [3.8, 4) is 0 Å². The molecule has 0 saturated carbocycles. The lowest BCUT2D eigenvalue weighted by molar-refractivity contribution is -0.120. The van der Waals surface area contributed by atoms with E-state index in [-0.39, 0.29) is 0 Å². The molecule has 94 valence electrons. The predicted octanol–water partition coefficient (Wildman–Crippen LogP) is 3.40. The standard InChI is InChI=1S/C15H22O2/c1-2-3-12-17-13-11-15(16)10-9-14-7-5-4-6-8-14/h4-8H,2-3,9-13H2,1H3. The van der Waals surface area contributed by atoms with Crippen molar-refractivity contribution in [2.75, 3.05) is 13.2 Å². The van der Waals surface area contributed by atoms with Gasteiger partial charge in [-0.3, -0.25) is 4.79 Å². The minimum Gasteiger partial charge on any atom is -0.381 e. The van der Waals surface area contributed by atoms with Crippen LogP contribution in [-0.4, -0.2) is 19.0 Å². The highest BCUT2D eigenvalue weighted by Crippen LogP contribution is 2.04. The first-order chi connectivity index (χ1) is 8.33. The molecule has 0 spiro atoms. The first-order valence-corrected chi connectivity index (χ1v) is 6.46. The number of Topliss-reactive ketones (excluding diaryl/α,β-unsaturated/α-hetero) is 1. The van der Waals surface area contributed by atoms with Gasteiger partial charge in [0.25, 0.3) is 0 Å². The Hall–Kier alpha value is -1.15. The summed E-state index contributed by atoms with van der Waals surface area (Å²) in [5.74, 6) is 0.297. The zero-order chi connectivity index (χ0) is 12.3. The van der Waals surface area contributed by atoms with E-state index in [1.54, 1.807) is 0 Å². The van der Waals surface area contributed by atoms with E-state index in [1.807, 2.05) is 18.2 Å². The Morgan fingerprint density at radius 1 is 1.12 bits per heavy atom. The second-order valence-corrected chi connectivity index (χ2v) is 4.24. The highest BCUT2D eigenvalue weighted by molar-refractivity contribution is 5.78. The molecule has 0 aliphatic heterocycles. The Morgan fingerprint density at radius 3 is 2.59 bits per heavy atom. The molecule has 0 atom stereocenters. The van der Waals surface area contributed by atoms with Crippen molar-refractivity contribution >= 4 is 5.78 Å². The lowest BCUT2D eigenvalue weighted by Gasteiger charge is -2.03. The summed E-state index contributed by atoms with van der Waals surface area (Å²) >= 11 is 0. The lowest BCUT2D eigenvalue weighted by atomic mass is 10.1. The lowest BCUT2D eigenvalue weighted by Crippen LogP contribution is -2.06. The normalized spacial score (nSPS) is 10.4. The number of rotatable bonds is 9. The third-order valence-corrected chi connectivity index (χ3v) is 2.70. The average molecular weight is 234 g/mol. The molecule has 0 aromatic heterocycles. The van der Waals surface area contributed by atoms with Crippen LogP contribution >= 0.6 is 0 Å². The van der Waals surface area contributed by atoms with E-state index >= 15 is 0 Å². The molecule has 2 nitrogen and oxygen atoms in total. The average Bonchev–Trinajstić information content (AvgIpc) is 2.37. The molecule has 0 amide bonds. The van der Waals surface area contributed by atoms with Crippen molar-refractivity contribution in [3.05, 3.63) is 35.9 Å². The van der Waals surface area contributed by atoms with Gasteiger partial charge in [0, 0.05) is 19.4 Å². The number of hydrogen-bond donors (Lipinski definition) is 0. The fraction of sp³-hybridized carbons (Fsp3) is 0.533. The zero-order valence-corrected chi connectivity index (χ0v) is 10.7. The summed E-state index contributed by atoms with van der Waals surface area (Å²) in [6.07, 6.45) is 4.24. The largest absolute Gasteiger partial charge is 0.381 e. The number of carbonyl (C=O) groups excluding carboxylic acids is 1. The predicted molar refractivity (Wildman–Crippen MR) is 70.1 cm³/mol. The third kappa shape index (κ3) is 6.90. The summed E-state index contributed by atoms with van der Waals surface area (Å²) in [5.41, 5.74) is 1.23. The van der Waals surface area contributed by atoms with E-state index in [9.17, 15) is 4.79 Å². The quantitative estimate of drug-likeness (QED) is 0.612. The molecule has 0 N–H and O–H groups in total. The number of aryl methyl sites for hydroxylation is 1. The van der Waals surface area contributed by atoms with Gasteiger partial charge in [0.05, 0.1) is 6.61 Å². The van der Waals surface area contributed by atoms with Crippen LogP contribution in [0.2, 0.25) is 0 Å². The molecule has 1 aromatic rings. The van der Waals surface area contributed by atoms with Crippen LogP contribution in [0.5, 0.6) is 0 Å². The van der Waals surface area contributed by atoms with Gasteiger partial charge in [-0.1, -0.05) is 43.7 Å². The zero-order valence-electron chi connectivity index (χ0n) is 10.7. The SMILES string of the molecule is CCCCOCCC(=O)CCc1ccccc1. The van der Waals surface area contributed by atoms with E-state index in [4.69, 9.17) is 4.74 Å². The first kappa shape index (κ1) is 13.9. The monoisotopic (exact) mass is 234 g/mol. The van der Waals surface area contributed by atoms with Gasteiger partial charge in [-0.2, -0.15) is 0 Å². The second kappa shape index (κ2) is 8.94. The van der Waals surface area contributed by atoms with E-state index in [0.29, 0.717) is 25.2 Å². The minimum atomic E-state index is 0.297. The maximum absolute atomic E-state index is 11.6. The van der Waals surface area contributed by atoms with E-state index in [2.05, 4.69) is 19.1 Å². The van der Waals surface area contributed by atoms with Crippen LogP contribution in [0, 0.1) is 0 Å². The molecule has 0 heterocycles. The van der Waals surface area contributed by atoms with Crippen LogP contribution in [0.4, 0.5) is 0 Å². The maximum Gasteiger partial charge on any atom is 0.135 e. The minimum absolute atomic E-state index is 0.297. The van der Waals surface area contributed by atoms with Gasteiger partial charge in [-0.15, -0.1) is 0 Å². The van der Waals surface area contributed by atoms with Crippen molar-refractivity contribution in [1.82, 2.24) is 0 Å². The second-order valence-electron chi connectivity index (χ2n) is 4.24. The van der Waals surface area contributed by atoms with E-state index in [1.165, 1.54) is 5.56 Å². The molecule has 0 saturated heterocycles. The number of hydrogen-bond acceptors (Lipinski definition) is 2. The molecular formula is C15H22O2. The molecule has 0 fully saturated rings. The molecular weight excluding hydrogens is 212 g/mol. The summed E-state index contributed by atoms with van der Waals surface area (Å²) in [6, 6.07) is 10.1. The number of benzene rings is 1. The smallest absolute Gasteiger partial charge is 0.135 e. The van der Waals surface area contributed by atoms with E-state index < -0.39 is 0 Å². The van der Waals surface area contributed by atoms with Crippen molar-refractivity contribution < 1.29 is 9.53 Å². The molecule has 1 aromatic carbocycles. The maximum atomic E-state index is 11.6. The molecule has 0 unspecified atom stereocenters. The van der Waals surface area contributed by atoms with Crippen LogP contribution in [0.15, 0.2) is 30.3 Å². The highest BCUT2D eigenvalue weighted by atomic mass is 16.5. The van der Waals surface area contributed by atoms with Crippen LogP contribution in [0.25, 0.3) is 0 Å². The van der Waals surface area contributed by atoms with Crippen LogP contribution in [-0.2, 0) is 16.0 Å². The Labute approximate surface area is 104 Å². The number of carbonyl (C=O) groups is 1. The molecule has 17 heavy (non-hydrogen) atoms. The van der Waals surface area contributed by atoms with Gasteiger partial charge in [0.1, 0.15) is 5.78 Å². The van der Waals surface area contributed by atoms with E-state index in [0.717, 1.165) is 25.9 Å². The van der Waals surface area contributed by atoms with Gasteiger partial charge in [0.15, 0.2) is 0 Å². The number of ketones is 1. The van der Waals surface area contributed by atoms with Crippen molar-refractivity contribution in [2.24, 2.45) is 0 Å². The van der Waals surface area contributed by atoms with Crippen LogP contribution in [0.1, 0.15) is 38.2 Å². The molecule has 0 aliphatic rings. The molecule has 1 rings (SSSR count). The summed E-state index contributed by atoms with van der Waals surface area (Å²) in [4.78, 5) is 11.6. The molecule has 0 radical (unpaired) electrons. The summed E-state index contributed by atoms with van der Waals surface area (Å²) < 4.78 is 5.38. The van der Waals surface area contributed by atoms with Crippen molar-refractivity contribution in [1.29, 1.82) is 0 Å². The van der Waals surface area contributed by atoms with Crippen molar-refractivity contribution in [3.63, 3.8) is 0 Å². The Bertz CT molecular complexity index is 306. The topological polar surface area (TPSA) is 26.3 Å². The van der Waals surface area contributed by atoms with Gasteiger partial charge < -0.3 is 4.74 Å². The van der Waals surface area contributed by atoms with Gasteiger partial charge in [0.2, 0.25) is 0 Å². The van der Waals surface area contributed by atoms with Crippen LogP contribution in [0.3, 0.4) is 0 Å². The summed E-state index contributed by atoms with van der Waals surface area (Å²) in [7, 11) is 0. The fourth-order valence-electron chi connectivity index (χ4n) is 1.59. The Kier molecular flexibility index (Phi) is 7.32. The molecule has 0 bridgehead atoms.